The first-order valence-corrected chi connectivity index (χ1v) is 10.1. The Morgan fingerprint density at radius 2 is 2.11 bits per heavy atom. The highest BCUT2D eigenvalue weighted by molar-refractivity contribution is 7.12. The van der Waals surface area contributed by atoms with Crippen LogP contribution >= 0.6 is 11.3 Å². The predicted molar refractivity (Wildman–Crippen MR) is 108 cm³/mol. The molecule has 1 atom stereocenters. The number of aromatic nitrogens is 3. The van der Waals surface area contributed by atoms with Gasteiger partial charge in [-0.05, 0) is 50.3 Å². The summed E-state index contributed by atoms with van der Waals surface area (Å²) in [6.07, 6.45) is 2.26. The number of thiophene rings is 1. The van der Waals surface area contributed by atoms with Crippen molar-refractivity contribution < 1.29 is 9.59 Å². The van der Waals surface area contributed by atoms with E-state index < -0.39 is 6.04 Å². The number of nitrogens with zero attached hydrogens (tertiary/aromatic N) is 2. The van der Waals surface area contributed by atoms with Gasteiger partial charge >= 0.3 is 0 Å². The summed E-state index contributed by atoms with van der Waals surface area (Å²) in [5.41, 5.74) is 2.42. The Balaban J connectivity index is 1.50. The molecule has 1 aliphatic carbocycles. The van der Waals surface area contributed by atoms with E-state index in [4.69, 9.17) is 0 Å². The third-order valence-electron chi connectivity index (χ3n) is 4.63. The number of anilines is 1. The Bertz CT molecular complexity index is 1010. The fraction of sp³-hybridized carbons (Fsp3) is 0.300. The van der Waals surface area contributed by atoms with E-state index >= 15 is 0 Å². The number of nitrogens with one attached hydrogen (secondary N) is 3. The van der Waals surface area contributed by atoms with Gasteiger partial charge in [0, 0.05) is 11.5 Å². The molecule has 2 aromatic heterocycles. The molecule has 7 nitrogen and oxygen atoms in total. The number of carbonyl (C=O) groups excluding carboxylic acids is 2. The van der Waals surface area contributed by atoms with Gasteiger partial charge in [0.1, 0.15) is 11.9 Å². The van der Waals surface area contributed by atoms with Crippen molar-refractivity contribution >= 4 is 28.8 Å². The normalized spacial score (nSPS) is 14.5. The minimum absolute atomic E-state index is 0.259. The lowest BCUT2D eigenvalue weighted by molar-refractivity contribution is -0.117. The van der Waals surface area contributed by atoms with Crippen molar-refractivity contribution in [2.45, 2.75) is 38.6 Å². The molecule has 0 spiro atoms. The Morgan fingerprint density at radius 1 is 1.29 bits per heavy atom. The quantitative estimate of drug-likeness (QED) is 0.595. The molecule has 1 fully saturated rings. The molecule has 0 aliphatic heterocycles. The van der Waals surface area contributed by atoms with Crippen LogP contribution in [0.3, 0.4) is 0 Å². The molecule has 1 aromatic carbocycles. The van der Waals surface area contributed by atoms with Gasteiger partial charge < -0.3 is 10.6 Å². The van der Waals surface area contributed by atoms with Crippen molar-refractivity contribution in [2.24, 2.45) is 0 Å². The summed E-state index contributed by atoms with van der Waals surface area (Å²) in [5.74, 6) is 1.37. The average Bonchev–Trinajstić information content (AvgIpc) is 3.18. The van der Waals surface area contributed by atoms with Crippen LogP contribution in [0, 0.1) is 6.92 Å². The number of aryl methyl sites for hydroxylation is 1. The fourth-order valence-electron chi connectivity index (χ4n) is 2.87. The first kappa shape index (κ1) is 18.4. The van der Waals surface area contributed by atoms with Gasteiger partial charge in [-0.1, -0.05) is 17.7 Å². The van der Waals surface area contributed by atoms with Crippen LogP contribution in [0.25, 0.3) is 11.4 Å². The second-order valence-electron chi connectivity index (χ2n) is 7.03. The summed E-state index contributed by atoms with van der Waals surface area (Å²) in [6.45, 7) is 3.64. The SMILES string of the molecule is Cc1ccc(NC(=O)C(C)NC(=O)c2cccs2)c(-c2n[nH]c(C3CC3)n2)c1. The molecule has 0 saturated heterocycles. The van der Waals surface area contributed by atoms with E-state index in [2.05, 4.69) is 25.8 Å². The summed E-state index contributed by atoms with van der Waals surface area (Å²) >= 11 is 1.34. The topological polar surface area (TPSA) is 99.8 Å². The second-order valence-corrected chi connectivity index (χ2v) is 7.98. The number of aromatic amines is 1. The highest BCUT2D eigenvalue weighted by Gasteiger charge is 2.28. The Hall–Kier alpha value is -3.00. The van der Waals surface area contributed by atoms with Gasteiger partial charge in [-0.2, -0.15) is 5.10 Å². The van der Waals surface area contributed by atoms with Crippen LogP contribution in [0.4, 0.5) is 5.69 Å². The zero-order valence-electron chi connectivity index (χ0n) is 15.7. The minimum atomic E-state index is -0.682. The molecule has 2 heterocycles. The van der Waals surface area contributed by atoms with Gasteiger partial charge in [-0.25, -0.2) is 4.98 Å². The molecule has 2 amide bonds. The maximum absolute atomic E-state index is 12.6. The molecule has 3 aromatic rings. The van der Waals surface area contributed by atoms with Crippen LogP contribution in [0.2, 0.25) is 0 Å². The molecule has 0 radical (unpaired) electrons. The average molecular weight is 395 g/mol. The van der Waals surface area contributed by atoms with Crippen LogP contribution < -0.4 is 10.6 Å². The first-order valence-electron chi connectivity index (χ1n) is 9.20. The monoisotopic (exact) mass is 395 g/mol. The molecule has 1 unspecified atom stereocenters. The van der Waals surface area contributed by atoms with Gasteiger partial charge in [-0.15, -0.1) is 11.3 Å². The van der Waals surface area contributed by atoms with Crippen LogP contribution in [-0.4, -0.2) is 33.0 Å². The Kier molecular flexibility index (Phi) is 4.95. The van der Waals surface area contributed by atoms with Crippen molar-refractivity contribution in [3.8, 4) is 11.4 Å². The number of hydrogen-bond acceptors (Lipinski definition) is 5. The van der Waals surface area contributed by atoms with Crippen molar-refractivity contribution in [1.29, 1.82) is 0 Å². The molecule has 8 heteroatoms. The van der Waals surface area contributed by atoms with Crippen molar-refractivity contribution in [3.05, 3.63) is 52.0 Å². The van der Waals surface area contributed by atoms with Crippen molar-refractivity contribution in [1.82, 2.24) is 20.5 Å². The maximum atomic E-state index is 12.6. The lowest BCUT2D eigenvalue weighted by atomic mass is 10.1. The second kappa shape index (κ2) is 7.55. The van der Waals surface area contributed by atoms with Gasteiger partial charge in [0.2, 0.25) is 5.91 Å². The highest BCUT2D eigenvalue weighted by atomic mass is 32.1. The number of H-pyrrole nitrogens is 1. The molecule has 1 aliphatic rings. The third-order valence-corrected chi connectivity index (χ3v) is 5.50. The van der Waals surface area contributed by atoms with E-state index in [1.54, 1.807) is 19.1 Å². The van der Waals surface area contributed by atoms with Gasteiger partial charge in [0.15, 0.2) is 5.82 Å². The van der Waals surface area contributed by atoms with Gasteiger partial charge in [-0.3, -0.25) is 14.7 Å². The summed E-state index contributed by atoms with van der Waals surface area (Å²) in [7, 11) is 0. The number of carbonyl (C=O) groups is 2. The summed E-state index contributed by atoms with van der Waals surface area (Å²) in [5, 5.41) is 14.8. The van der Waals surface area contributed by atoms with Crippen molar-refractivity contribution in [3.63, 3.8) is 0 Å². The van der Waals surface area contributed by atoms with Gasteiger partial charge in [0.25, 0.3) is 5.91 Å². The lowest BCUT2D eigenvalue weighted by Gasteiger charge is -2.15. The van der Waals surface area contributed by atoms with E-state index in [-0.39, 0.29) is 11.8 Å². The molecular weight excluding hydrogens is 374 g/mol. The first-order chi connectivity index (χ1) is 13.5. The molecular formula is C20H21N5O2S. The smallest absolute Gasteiger partial charge is 0.261 e. The molecule has 1 saturated carbocycles. The third kappa shape index (κ3) is 3.96. The van der Waals surface area contributed by atoms with Crippen molar-refractivity contribution in [2.75, 3.05) is 5.32 Å². The van der Waals surface area contributed by atoms with Crippen LogP contribution in [0.1, 0.15) is 46.7 Å². The summed E-state index contributed by atoms with van der Waals surface area (Å²) in [6, 6.07) is 8.55. The highest BCUT2D eigenvalue weighted by Crippen LogP contribution is 2.39. The van der Waals surface area contributed by atoms with Gasteiger partial charge in [0.05, 0.1) is 10.6 Å². The molecule has 3 N–H and O–H groups in total. The van der Waals surface area contributed by atoms with E-state index in [1.807, 2.05) is 30.5 Å². The van der Waals surface area contributed by atoms with Crippen LogP contribution in [0.15, 0.2) is 35.7 Å². The zero-order valence-corrected chi connectivity index (χ0v) is 16.5. The molecule has 4 rings (SSSR count). The molecule has 0 bridgehead atoms. The van der Waals surface area contributed by atoms with Crippen LogP contribution in [0.5, 0.6) is 0 Å². The largest absolute Gasteiger partial charge is 0.340 e. The van der Waals surface area contributed by atoms with E-state index in [0.29, 0.717) is 22.3 Å². The van der Waals surface area contributed by atoms with E-state index in [0.717, 1.165) is 29.8 Å². The number of amides is 2. The fourth-order valence-corrected chi connectivity index (χ4v) is 3.50. The number of rotatable bonds is 6. The molecule has 28 heavy (non-hydrogen) atoms. The number of benzene rings is 1. The Morgan fingerprint density at radius 3 is 2.82 bits per heavy atom. The Labute approximate surface area is 166 Å². The number of hydrogen-bond donors (Lipinski definition) is 3. The zero-order chi connectivity index (χ0) is 19.7. The van der Waals surface area contributed by atoms with Crippen LogP contribution in [-0.2, 0) is 4.79 Å². The lowest BCUT2D eigenvalue weighted by Crippen LogP contribution is -2.41. The predicted octanol–water partition coefficient (Wildman–Crippen LogP) is 3.48. The maximum Gasteiger partial charge on any atom is 0.261 e. The summed E-state index contributed by atoms with van der Waals surface area (Å²) < 4.78 is 0. The van der Waals surface area contributed by atoms with E-state index in [1.165, 1.54) is 11.3 Å². The summed E-state index contributed by atoms with van der Waals surface area (Å²) in [4.78, 5) is 30.0. The minimum Gasteiger partial charge on any atom is -0.340 e. The standard InChI is InChI=1S/C20H21N5O2S/c1-11-5-8-15(14(10-11)18-23-17(24-25-18)13-6-7-13)22-19(26)12(2)21-20(27)16-4-3-9-28-16/h3-5,8-10,12-13H,6-7H2,1-2H3,(H,21,27)(H,22,26)(H,23,24,25). The van der Waals surface area contributed by atoms with E-state index in [9.17, 15) is 9.59 Å². The molecule has 144 valence electrons.